The molecule has 1 atom stereocenters. The number of rotatable bonds is 5. The molecule has 0 aliphatic heterocycles. The predicted octanol–water partition coefficient (Wildman–Crippen LogP) is 3.70. The molecule has 0 radical (unpaired) electrons. The fraction of sp³-hybridized carbons (Fsp3) is 0.562. The average molecular weight is 246 g/mol. The van der Waals surface area contributed by atoms with E-state index < -0.39 is 0 Å². The van der Waals surface area contributed by atoms with Crippen LogP contribution in [0.1, 0.15) is 50.2 Å². The highest BCUT2D eigenvalue weighted by Crippen LogP contribution is 2.49. The first-order chi connectivity index (χ1) is 8.61. The van der Waals surface area contributed by atoms with Gasteiger partial charge < -0.3 is 4.74 Å². The Labute approximate surface area is 109 Å². The summed E-state index contributed by atoms with van der Waals surface area (Å²) in [6, 6.07) is 8.70. The summed E-state index contributed by atoms with van der Waals surface area (Å²) < 4.78 is 4.89. The molecule has 0 heterocycles. The zero-order valence-electron chi connectivity index (χ0n) is 11.5. The second kappa shape index (κ2) is 5.13. The van der Waals surface area contributed by atoms with E-state index in [2.05, 4.69) is 38.1 Å². The lowest BCUT2D eigenvalue weighted by atomic mass is 9.93. The number of carbonyl (C=O) groups is 1. The number of benzene rings is 1. The fourth-order valence-electron chi connectivity index (χ4n) is 2.41. The third-order valence-corrected chi connectivity index (χ3v) is 4.18. The van der Waals surface area contributed by atoms with Crippen LogP contribution in [0.5, 0.6) is 0 Å². The third kappa shape index (κ3) is 2.58. The van der Waals surface area contributed by atoms with Crippen LogP contribution in [0.3, 0.4) is 0 Å². The molecule has 18 heavy (non-hydrogen) atoms. The Kier molecular flexibility index (Phi) is 3.74. The second-order valence-corrected chi connectivity index (χ2v) is 5.50. The summed E-state index contributed by atoms with van der Waals surface area (Å²) in [6.07, 6.45) is 3.91. The minimum atomic E-state index is -0.216. The molecule has 1 saturated carbocycles. The lowest BCUT2D eigenvalue weighted by Crippen LogP contribution is -2.19. The van der Waals surface area contributed by atoms with Gasteiger partial charge in [-0.1, -0.05) is 38.1 Å². The number of ether oxygens (including phenoxy) is 1. The molecule has 1 fully saturated rings. The van der Waals surface area contributed by atoms with Crippen molar-refractivity contribution >= 4 is 5.97 Å². The molecular formula is C16H22O2. The first-order valence-electron chi connectivity index (χ1n) is 6.78. The first kappa shape index (κ1) is 13.1. The maximum absolute atomic E-state index is 11.7. The Balaban J connectivity index is 2.05. The minimum absolute atomic E-state index is 0.0477. The Morgan fingerprint density at radius 1 is 1.33 bits per heavy atom. The minimum Gasteiger partial charge on any atom is -0.469 e. The molecule has 1 aliphatic rings. The van der Waals surface area contributed by atoms with Crippen molar-refractivity contribution < 1.29 is 9.53 Å². The molecule has 0 bridgehead atoms. The zero-order valence-corrected chi connectivity index (χ0v) is 11.5. The number of esters is 1. The number of hydrogen-bond acceptors (Lipinski definition) is 2. The van der Waals surface area contributed by atoms with E-state index in [4.69, 9.17) is 4.74 Å². The van der Waals surface area contributed by atoms with Crippen molar-refractivity contribution in [3.63, 3.8) is 0 Å². The molecule has 1 aromatic carbocycles. The first-order valence-corrected chi connectivity index (χ1v) is 6.78. The predicted molar refractivity (Wildman–Crippen MR) is 72.5 cm³/mol. The monoisotopic (exact) mass is 246 g/mol. The van der Waals surface area contributed by atoms with Gasteiger partial charge in [-0.05, 0) is 42.7 Å². The van der Waals surface area contributed by atoms with Crippen LogP contribution in [0.4, 0.5) is 0 Å². The molecule has 1 unspecified atom stereocenters. The van der Waals surface area contributed by atoms with Crippen LogP contribution in [0, 0.1) is 5.41 Å². The van der Waals surface area contributed by atoms with Gasteiger partial charge in [-0.25, -0.2) is 0 Å². The van der Waals surface area contributed by atoms with Crippen LogP contribution in [-0.2, 0) is 16.0 Å². The van der Waals surface area contributed by atoms with Crippen LogP contribution in [0.2, 0.25) is 0 Å². The van der Waals surface area contributed by atoms with Gasteiger partial charge in [0.1, 0.15) is 0 Å². The second-order valence-electron chi connectivity index (χ2n) is 5.50. The lowest BCUT2D eigenvalue weighted by molar-refractivity contribution is -0.147. The molecule has 2 rings (SSSR count). The lowest BCUT2D eigenvalue weighted by Gasteiger charge is -2.14. The third-order valence-electron chi connectivity index (χ3n) is 4.18. The molecular weight excluding hydrogens is 224 g/mol. The van der Waals surface area contributed by atoms with Crippen LogP contribution < -0.4 is 0 Å². The van der Waals surface area contributed by atoms with Gasteiger partial charge in [0.2, 0.25) is 0 Å². The van der Waals surface area contributed by atoms with E-state index in [0.29, 0.717) is 5.92 Å². The normalized spacial score (nSPS) is 18.2. The van der Waals surface area contributed by atoms with E-state index in [9.17, 15) is 4.79 Å². The highest BCUT2D eigenvalue weighted by atomic mass is 16.5. The van der Waals surface area contributed by atoms with E-state index in [1.807, 2.05) is 0 Å². The molecule has 0 N–H and O–H groups in total. The van der Waals surface area contributed by atoms with Crippen molar-refractivity contribution in [1.29, 1.82) is 0 Å². The van der Waals surface area contributed by atoms with E-state index in [1.165, 1.54) is 18.2 Å². The SMILES string of the molecule is CCC(C)c1ccc(CC2(C(=O)OC)CC2)cc1. The number of carbonyl (C=O) groups excluding carboxylic acids is 1. The maximum atomic E-state index is 11.7. The molecule has 0 amide bonds. The van der Waals surface area contributed by atoms with Gasteiger partial charge in [0.15, 0.2) is 0 Å². The molecule has 2 heteroatoms. The topological polar surface area (TPSA) is 26.3 Å². The molecule has 0 saturated heterocycles. The van der Waals surface area contributed by atoms with Gasteiger partial charge in [-0.3, -0.25) is 4.79 Å². The molecule has 98 valence electrons. The molecule has 1 aromatic rings. The largest absolute Gasteiger partial charge is 0.469 e. The van der Waals surface area contributed by atoms with Crippen LogP contribution in [0.15, 0.2) is 24.3 Å². The van der Waals surface area contributed by atoms with Gasteiger partial charge >= 0.3 is 5.97 Å². The van der Waals surface area contributed by atoms with Crippen LogP contribution >= 0.6 is 0 Å². The van der Waals surface area contributed by atoms with Crippen molar-refractivity contribution in [1.82, 2.24) is 0 Å². The van der Waals surface area contributed by atoms with Gasteiger partial charge in [0.25, 0.3) is 0 Å². The smallest absolute Gasteiger partial charge is 0.312 e. The molecule has 0 aromatic heterocycles. The highest BCUT2D eigenvalue weighted by Gasteiger charge is 2.50. The van der Waals surface area contributed by atoms with Crippen molar-refractivity contribution in [2.75, 3.05) is 7.11 Å². The summed E-state index contributed by atoms with van der Waals surface area (Å²) in [5.74, 6) is 0.558. The summed E-state index contributed by atoms with van der Waals surface area (Å²) in [6.45, 7) is 4.45. The Bertz CT molecular complexity index is 415. The van der Waals surface area contributed by atoms with Gasteiger partial charge in [0.05, 0.1) is 12.5 Å². The van der Waals surface area contributed by atoms with E-state index in [1.54, 1.807) is 0 Å². The van der Waals surface area contributed by atoms with Gasteiger partial charge in [-0.15, -0.1) is 0 Å². The van der Waals surface area contributed by atoms with Gasteiger partial charge in [-0.2, -0.15) is 0 Å². The summed E-state index contributed by atoms with van der Waals surface area (Å²) >= 11 is 0. The Hall–Kier alpha value is -1.31. The molecule has 1 aliphatic carbocycles. The zero-order chi connectivity index (χ0) is 13.2. The van der Waals surface area contributed by atoms with Crippen molar-refractivity contribution in [3.05, 3.63) is 35.4 Å². The van der Waals surface area contributed by atoms with Crippen molar-refractivity contribution in [2.45, 2.75) is 45.4 Å². The van der Waals surface area contributed by atoms with Crippen LogP contribution in [0.25, 0.3) is 0 Å². The summed E-state index contributed by atoms with van der Waals surface area (Å²) in [5, 5.41) is 0. The molecule has 0 spiro atoms. The van der Waals surface area contributed by atoms with E-state index in [0.717, 1.165) is 25.7 Å². The Morgan fingerprint density at radius 2 is 1.94 bits per heavy atom. The van der Waals surface area contributed by atoms with E-state index >= 15 is 0 Å². The fourth-order valence-corrected chi connectivity index (χ4v) is 2.41. The Morgan fingerprint density at radius 3 is 2.39 bits per heavy atom. The number of hydrogen-bond donors (Lipinski definition) is 0. The summed E-state index contributed by atoms with van der Waals surface area (Å²) in [5.41, 5.74) is 2.40. The maximum Gasteiger partial charge on any atom is 0.312 e. The molecule has 2 nitrogen and oxygen atoms in total. The summed E-state index contributed by atoms with van der Waals surface area (Å²) in [7, 11) is 1.48. The van der Waals surface area contributed by atoms with Gasteiger partial charge in [0, 0.05) is 0 Å². The standard InChI is InChI=1S/C16H22O2/c1-4-12(2)14-7-5-13(6-8-14)11-16(9-10-16)15(17)18-3/h5-8,12H,4,9-11H2,1-3H3. The van der Waals surface area contributed by atoms with Crippen molar-refractivity contribution in [2.24, 2.45) is 5.41 Å². The van der Waals surface area contributed by atoms with Crippen molar-refractivity contribution in [3.8, 4) is 0 Å². The quantitative estimate of drug-likeness (QED) is 0.740. The average Bonchev–Trinajstić information content (AvgIpc) is 3.18. The highest BCUT2D eigenvalue weighted by molar-refractivity contribution is 5.80. The number of methoxy groups -OCH3 is 1. The summed E-state index contributed by atoms with van der Waals surface area (Å²) in [4.78, 5) is 11.7. The van der Waals surface area contributed by atoms with Crippen LogP contribution in [-0.4, -0.2) is 13.1 Å². The van der Waals surface area contributed by atoms with E-state index in [-0.39, 0.29) is 11.4 Å².